The number of likely N-dealkylation sites (N-methyl/N-ethyl adjacent to an activating group) is 1. The summed E-state index contributed by atoms with van der Waals surface area (Å²) < 4.78 is 5.00. The molecule has 82 valence electrons. The minimum atomic E-state index is -1.14. The predicted octanol–water partition coefficient (Wildman–Crippen LogP) is 0.865. The molecule has 0 heterocycles. The number of carbonyl (C=O) groups excluding carboxylic acids is 1. The summed E-state index contributed by atoms with van der Waals surface area (Å²) in [5.41, 5.74) is 0.528. The third kappa shape index (κ3) is 2.95. The van der Waals surface area contributed by atoms with Crippen LogP contribution in [0.5, 0.6) is 5.75 Å². The summed E-state index contributed by atoms with van der Waals surface area (Å²) >= 11 is 0. The minimum absolute atomic E-state index is 0.397. The molecule has 1 aromatic carbocycles. The Morgan fingerprint density at radius 1 is 1.60 bits per heavy atom. The molecule has 0 aromatic heterocycles. The molecular weight excluding hydrogens is 194 g/mol. The van der Waals surface area contributed by atoms with Crippen molar-refractivity contribution in [2.45, 2.75) is 13.0 Å². The van der Waals surface area contributed by atoms with E-state index in [2.05, 4.69) is 5.32 Å². The molecule has 0 spiro atoms. The molecule has 4 nitrogen and oxygen atoms in total. The fraction of sp³-hybridized carbons (Fsp3) is 0.364. The van der Waals surface area contributed by atoms with Gasteiger partial charge in [0.2, 0.25) is 0 Å². The highest BCUT2D eigenvalue weighted by atomic mass is 16.5. The number of carbonyl (C=O) groups is 1. The molecule has 0 aliphatic rings. The number of aliphatic hydroxyl groups excluding tert-OH is 1. The quantitative estimate of drug-likeness (QED) is 0.773. The molecule has 0 saturated heterocycles. The van der Waals surface area contributed by atoms with E-state index >= 15 is 0 Å². The number of ether oxygens (including phenoxy) is 1. The number of benzene rings is 1. The van der Waals surface area contributed by atoms with Gasteiger partial charge in [-0.3, -0.25) is 4.79 Å². The Kier molecular flexibility index (Phi) is 4.12. The molecule has 0 fully saturated rings. The highest BCUT2D eigenvalue weighted by Crippen LogP contribution is 2.18. The van der Waals surface area contributed by atoms with Crippen molar-refractivity contribution in [2.24, 2.45) is 0 Å². The second-order valence-electron chi connectivity index (χ2n) is 3.07. The molecule has 1 atom stereocenters. The van der Waals surface area contributed by atoms with Crippen molar-refractivity contribution < 1.29 is 14.6 Å². The standard InChI is InChI=1S/C11H15NO3/c1-3-12-11(14)10(13)8-5-4-6-9(7-8)15-2/h4-7,10,13H,3H2,1-2H3,(H,12,14). The van der Waals surface area contributed by atoms with Crippen molar-refractivity contribution in [3.05, 3.63) is 29.8 Å². The van der Waals surface area contributed by atoms with Gasteiger partial charge in [0.15, 0.2) is 6.10 Å². The van der Waals surface area contributed by atoms with E-state index in [1.54, 1.807) is 31.2 Å². The van der Waals surface area contributed by atoms with E-state index in [1.807, 2.05) is 0 Å². The second kappa shape index (κ2) is 5.36. The Bertz CT molecular complexity index is 338. The Hall–Kier alpha value is -1.55. The first-order valence-corrected chi connectivity index (χ1v) is 4.78. The number of hydrogen-bond donors (Lipinski definition) is 2. The summed E-state index contributed by atoms with van der Waals surface area (Å²) in [4.78, 5) is 11.3. The summed E-state index contributed by atoms with van der Waals surface area (Å²) in [5.74, 6) is 0.224. The zero-order valence-electron chi connectivity index (χ0n) is 8.86. The van der Waals surface area contributed by atoms with Crippen molar-refractivity contribution in [1.29, 1.82) is 0 Å². The van der Waals surface area contributed by atoms with Crippen molar-refractivity contribution >= 4 is 5.91 Å². The molecule has 0 radical (unpaired) electrons. The van der Waals surface area contributed by atoms with Gasteiger partial charge in [-0.1, -0.05) is 12.1 Å². The van der Waals surface area contributed by atoms with Crippen LogP contribution in [0.15, 0.2) is 24.3 Å². The third-order valence-corrected chi connectivity index (χ3v) is 2.01. The lowest BCUT2D eigenvalue weighted by Crippen LogP contribution is -2.28. The number of rotatable bonds is 4. The highest BCUT2D eigenvalue weighted by Gasteiger charge is 2.16. The van der Waals surface area contributed by atoms with E-state index in [-0.39, 0.29) is 0 Å². The first-order valence-electron chi connectivity index (χ1n) is 4.78. The van der Waals surface area contributed by atoms with E-state index in [1.165, 1.54) is 7.11 Å². The Morgan fingerprint density at radius 3 is 2.93 bits per heavy atom. The van der Waals surface area contributed by atoms with Gasteiger partial charge in [-0.15, -0.1) is 0 Å². The lowest BCUT2D eigenvalue weighted by molar-refractivity contribution is -0.129. The maximum Gasteiger partial charge on any atom is 0.253 e. The molecule has 1 rings (SSSR count). The molecule has 0 aliphatic carbocycles. The monoisotopic (exact) mass is 209 g/mol. The molecule has 0 bridgehead atoms. The molecule has 15 heavy (non-hydrogen) atoms. The van der Waals surface area contributed by atoms with Crippen LogP contribution in [0.2, 0.25) is 0 Å². The molecule has 4 heteroatoms. The SMILES string of the molecule is CCNC(=O)C(O)c1cccc(OC)c1. The minimum Gasteiger partial charge on any atom is -0.497 e. The van der Waals surface area contributed by atoms with Gasteiger partial charge in [-0.05, 0) is 24.6 Å². The second-order valence-corrected chi connectivity index (χ2v) is 3.07. The topological polar surface area (TPSA) is 58.6 Å². The average molecular weight is 209 g/mol. The Morgan fingerprint density at radius 2 is 2.33 bits per heavy atom. The third-order valence-electron chi connectivity index (χ3n) is 2.01. The van der Waals surface area contributed by atoms with Crippen molar-refractivity contribution in [2.75, 3.05) is 13.7 Å². The van der Waals surface area contributed by atoms with Gasteiger partial charge in [0.25, 0.3) is 5.91 Å². The Balaban J connectivity index is 2.81. The van der Waals surface area contributed by atoms with Crippen LogP contribution in [0.3, 0.4) is 0 Å². The first-order chi connectivity index (χ1) is 7.19. The molecule has 1 unspecified atom stereocenters. The van der Waals surface area contributed by atoms with Gasteiger partial charge >= 0.3 is 0 Å². The fourth-order valence-electron chi connectivity index (χ4n) is 1.23. The number of hydrogen-bond acceptors (Lipinski definition) is 3. The zero-order chi connectivity index (χ0) is 11.3. The summed E-state index contributed by atoms with van der Waals surface area (Å²) in [6.07, 6.45) is -1.14. The van der Waals surface area contributed by atoms with E-state index in [0.717, 1.165) is 0 Å². The average Bonchev–Trinajstić information content (AvgIpc) is 2.28. The van der Waals surface area contributed by atoms with Crippen molar-refractivity contribution in [3.8, 4) is 5.75 Å². The normalized spacial score (nSPS) is 11.9. The number of methoxy groups -OCH3 is 1. The molecular formula is C11H15NO3. The molecule has 2 N–H and O–H groups in total. The summed E-state index contributed by atoms with van der Waals surface area (Å²) in [7, 11) is 1.54. The summed E-state index contributed by atoms with van der Waals surface area (Å²) in [5, 5.41) is 12.2. The maximum absolute atomic E-state index is 11.3. The van der Waals surface area contributed by atoms with Crippen LogP contribution in [0.25, 0.3) is 0 Å². The number of aliphatic hydroxyl groups is 1. The smallest absolute Gasteiger partial charge is 0.253 e. The summed E-state index contributed by atoms with van der Waals surface area (Å²) in [6, 6.07) is 6.81. The summed E-state index contributed by atoms with van der Waals surface area (Å²) in [6.45, 7) is 2.30. The van der Waals surface area contributed by atoms with Gasteiger partial charge in [-0.2, -0.15) is 0 Å². The van der Waals surface area contributed by atoms with Crippen LogP contribution < -0.4 is 10.1 Å². The van der Waals surface area contributed by atoms with Crippen LogP contribution in [-0.2, 0) is 4.79 Å². The molecule has 0 aliphatic heterocycles. The predicted molar refractivity (Wildman–Crippen MR) is 56.6 cm³/mol. The lowest BCUT2D eigenvalue weighted by Gasteiger charge is -2.11. The highest BCUT2D eigenvalue weighted by molar-refractivity contribution is 5.81. The maximum atomic E-state index is 11.3. The van der Waals surface area contributed by atoms with E-state index < -0.39 is 12.0 Å². The zero-order valence-corrected chi connectivity index (χ0v) is 8.86. The number of nitrogens with one attached hydrogen (secondary N) is 1. The van der Waals surface area contributed by atoms with Crippen LogP contribution >= 0.6 is 0 Å². The number of amides is 1. The Labute approximate surface area is 88.9 Å². The first kappa shape index (κ1) is 11.5. The van der Waals surface area contributed by atoms with Crippen LogP contribution in [0.1, 0.15) is 18.6 Å². The molecule has 1 amide bonds. The van der Waals surface area contributed by atoms with Gasteiger partial charge in [0.1, 0.15) is 5.75 Å². The van der Waals surface area contributed by atoms with Gasteiger partial charge in [-0.25, -0.2) is 0 Å². The molecule has 1 aromatic rings. The van der Waals surface area contributed by atoms with Crippen molar-refractivity contribution in [3.63, 3.8) is 0 Å². The van der Waals surface area contributed by atoms with Crippen LogP contribution in [0.4, 0.5) is 0 Å². The van der Waals surface area contributed by atoms with Gasteiger partial charge in [0.05, 0.1) is 7.11 Å². The molecule has 0 saturated carbocycles. The van der Waals surface area contributed by atoms with Gasteiger partial charge < -0.3 is 15.2 Å². The lowest BCUT2D eigenvalue weighted by atomic mass is 10.1. The fourth-order valence-corrected chi connectivity index (χ4v) is 1.23. The van der Waals surface area contributed by atoms with Crippen molar-refractivity contribution in [1.82, 2.24) is 5.32 Å². The van der Waals surface area contributed by atoms with E-state index in [9.17, 15) is 9.90 Å². The largest absolute Gasteiger partial charge is 0.497 e. The van der Waals surface area contributed by atoms with E-state index in [0.29, 0.717) is 17.9 Å². The van der Waals surface area contributed by atoms with Crippen LogP contribution in [0, 0.1) is 0 Å². The van der Waals surface area contributed by atoms with Gasteiger partial charge in [0, 0.05) is 6.54 Å². The van der Waals surface area contributed by atoms with Crippen LogP contribution in [-0.4, -0.2) is 24.7 Å². The van der Waals surface area contributed by atoms with E-state index in [4.69, 9.17) is 4.74 Å².